The summed E-state index contributed by atoms with van der Waals surface area (Å²) in [7, 11) is 0. The first kappa shape index (κ1) is 12.9. The lowest BCUT2D eigenvalue weighted by molar-refractivity contribution is 1.65. The number of rotatable bonds is 2. The van der Waals surface area contributed by atoms with Crippen LogP contribution >= 0.6 is 38.9 Å². The third-order valence-electron chi connectivity index (χ3n) is 2.86. The van der Waals surface area contributed by atoms with Crippen LogP contribution in [0.25, 0.3) is 20.9 Å². The van der Waals surface area contributed by atoms with E-state index in [0.29, 0.717) is 0 Å². The summed E-state index contributed by atoms with van der Waals surface area (Å²) in [5.74, 6) is 0. The highest BCUT2D eigenvalue weighted by molar-refractivity contribution is 9.10. The van der Waals surface area contributed by atoms with Gasteiger partial charge >= 0.3 is 0 Å². The molecule has 3 rings (SSSR count). The first-order chi connectivity index (χ1) is 9.22. The monoisotopic (exact) mass is 348 g/mol. The topological polar surface area (TPSA) is 0 Å². The van der Waals surface area contributed by atoms with E-state index in [1.807, 2.05) is 12.1 Å². The van der Waals surface area contributed by atoms with Gasteiger partial charge in [-0.05, 0) is 47.5 Å². The smallest absolute Gasteiger partial charge is 0.0406 e. The van der Waals surface area contributed by atoms with Crippen molar-refractivity contribution in [1.29, 1.82) is 0 Å². The van der Waals surface area contributed by atoms with Gasteiger partial charge in [-0.15, -0.1) is 11.3 Å². The van der Waals surface area contributed by atoms with Crippen molar-refractivity contribution < 1.29 is 0 Å². The molecule has 94 valence electrons. The molecule has 1 aromatic heterocycles. The molecule has 1 heterocycles. The fraction of sp³-hybridized carbons (Fsp3) is 0. The Hall–Kier alpha value is -1.09. The van der Waals surface area contributed by atoms with Crippen molar-refractivity contribution >= 4 is 38.9 Å². The molecule has 0 saturated carbocycles. The SMILES string of the molecule is Clc1ccc(-c2ccc(-c3ccc(Br)cc3)s2)cc1. The largest absolute Gasteiger partial charge is 0.135 e. The number of thiophene rings is 1. The Morgan fingerprint density at radius 2 is 1.16 bits per heavy atom. The third kappa shape index (κ3) is 2.92. The van der Waals surface area contributed by atoms with Crippen molar-refractivity contribution in [3.8, 4) is 20.9 Å². The van der Waals surface area contributed by atoms with Gasteiger partial charge in [-0.25, -0.2) is 0 Å². The molecule has 0 saturated heterocycles. The van der Waals surface area contributed by atoms with E-state index in [9.17, 15) is 0 Å². The van der Waals surface area contributed by atoms with Crippen molar-refractivity contribution in [2.45, 2.75) is 0 Å². The molecule has 0 fully saturated rings. The van der Waals surface area contributed by atoms with Gasteiger partial charge in [0.2, 0.25) is 0 Å². The average molecular weight is 350 g/mol. The molecule has 0 N–H and O–H groups in total. The molecule has 3 heteroatoms. The van der Waals surface area contributed by atoms with Crippen LogP contribution in [0.4, 0.5) is 0 Å². The van der Waals surface area contributed by atoms with Gasteiger partial charge in [-0.1, -0.05) is 51.8 Å². The Kier molecular flexibility index (Phi) is 3.74. The molecule has 0 unspecified atom stereocenters. The van der Waals surface area contributed by atoms with E-state index in [4.69, 9.17) is 11.6 Å². The summed E-state index contributed by atoms with van der Waals surface area (Å²) >= 11 is 11.2. The summed E-state index contributed by atoms with van der Waals surface area (Å²) in [4.78, 5) is 2.53. The molecular weight excluding hydrogens is 340 g/mol. The Labute approximate surface area is 129 Å². The van der Waals surface area contributed by atoms with E-state index in [1.54, 1.807) is 11.3 Å². The van der Waals surface area contributed by atoms with Gasteiger partial charge in [0.05, 0.1) is 0 Å². The molecule has 0 atom stereocenters. The van der Waals surface area contributed by atoms with Crippen molar-refractivity contribution in [2.24, 2.45) is 0 Å². The maximum absolute atomic E-state index is 5.91. The van der Waals surface area contributed by atoms with E-state index in [2.05, 4.69) is 64.5 Å². The van der Waals surface area contributed by atoms with E-state index >= 15 is 0 Å². The molecule has 0 bridgehead atoms. The Bertz CT molecular complexity index is 624. The standard InChI is InChI=1S/C16H10BrClS/c17-13-5-1-11(2-6-13)15-9-10-16(19-15)12-3-7-14(18)8-4-12/h1-10H. The second-order valence-electron chi connectivity index (χ2n) is 4.18. The lowest BCUT2D eigenvalue weighted by Gasteiger charge is -1.98. The molecule has 3 aromatic rings. The number of benzene rings is 2. The summed E-state index contributed by atoms with van der Waals surface area (Å²) in [6.07, 6.45) is 0. The van der Waals surface area contributed by atoms with Gasteiger partial charge in [0.15, 0.2) is 0 Å². The predicted octanol–water partition coefficient (Wildman–Crippen LogP) is 6.50. The molecule has 0 amide bonds. The first-order valence-electron chi connectivity index (χ1n) is 5.84. The Morgan fingerprint density at radius 1 is 0.684 bits per heavy atom. The van der Waals surface area contributed by atoms with E-state index in [1.165, 1.54) is 20.9 Å². The molecule has 0 aliphatic carbocycles. The normalized spacial score (nSPS) is 10.6. The Balaban J connectivity index is 1.95. The van der Waals surface area contributed by atoms with Gasteiger partial charge in [-0.2, -0.15) is 0 Å². The van der Waals surface area contributed by atoms with Crippen molar-refractivity contribution in [3.05, 3.63) is 70.2 Å². The second kappa shape index (κ2) is 5.49. The van der Waals surface area contributed by atoms with E-state index < -0.39 is 0 Å². The minimum Gasteiger partial charge on any atom is -0.135 e. The van der Waals surface area contributed by atoms with Crippen molar-refractivity contribution in [2.75, 3.05) is 0 Å². The first-order valence-corrected chi connectivity index (χ1v) is 7.83. The molecule has 0 nitrogen and oxygen atoms in total. The maximum atomic E-state index is 5.91. The van der Waals surface area contributed by atoms with Gasteiger partial charge in [0.1, 0.15) is 0 Å². The zero-order chi connectivity index (χ0) is 13.2. The predicted molar refractivity (Wildman–Crippen MR) is 87.9 cm³/mol. The molecule has 0 radical (unpaired) electrons. The van der Waals surface area contributed by atoms with Crippen LogP contribution in [-0.4, -0.2) is 0 Å². The van der Waals surface area contributed by atoms with Crippen LogP contribution in [0, 0.1) is 0 Å². The van der Waals surface area contributed by atoms with Gasteiger partial charge < -0.3 is 0 Å². The lowest BCUT2D eigenvalue weighted by Crippen LogP contribution is -1.71. The van der Waals surface area contributed by atoms with Crippen molar-refractivity contribution in [1.82, 2.24) is 0 Å². The molecular formula is C16H10BrClS. The fourth-order valence-electron chi connectivity index (χ4n) is 1.88. The highest BCUT2D eigenvalue weighted by atomic mass is 79.9. The van der Waals surface area contributed by atoms with Gasteiger partial charge in [0, 0.05) is 19.2 Å². The van der Waals surface area contributed by atoms with Gasteiger partial charge in [0.25, 0.3) is 0 Å². The molecule has 0 aliphatic rings. The lowest BCUT2D eigenvalue weighted by atomic mass is 10.1. The van der Waals surface area contributed by atoms with Crippen molar-refractivity contribution in [3.63, 3.8) is 0 Å². The van der Waals surface area contributed by atoms with E-state index in [-0.39, 0.29) is 0 Å². The molecule has 0 spiro atoms. The Morgan fingerprint density at radius 3 is 1.68 bits per heavy atom. The summed E-state index contributed by atoms with van der Waals surface area (Å²) in [6, 6.07) is 20.7. The zero-order valence-corrected chi connectivity index (χ0v) is 13.1. The molecule has 2 aromatic carbocycles. The van der Waals surface area contributed by atoms with Crippen LogP contribution in [0.2, 0.25) is 5.02 Å². The summed E-state index contributed by atoms with van der Waals surface area (Å²) in [5, 5.41) is 0.772. The molecule has 0 aliphatic heterocycles. The molecule has 19 heavy (non-hydrogen) atoms. The fourth-order valence-corrected chi connectivity index (χ4v) is 3.28. The summed E-state index contributed by atoms with van der Waals surface area (Å²) < 4.78 is 1.10. The van der Waals surface area contributed by atoms with Crippen LogP contribution in [0.3, 0.4) is 0 Å². The zero-order valence-electron chi connectivity index (χ0n) is 9.94. The van der Waals surface area contributed by atoms with Gasteiger partial charge in [-0.3, -0.25) is 0 Å². The van der Waals surface area contributed by atoms with Crippen LogP contribution in [0.15, 0.2) is 65.1 Å². The van der Waals surface area contributed by atoms with Crippen LogP contribution in [-0.2, 0) is 0 Å². The highest BCUT2D eigenvalue weighted by Gasteiger charge is 2.04. The number of halogens is 2. The van der Waals surface area contributed by atoms with Crippen LogP contribution in [0.1, 0.15) is 0 Å². The average Bonchev–Trinajstić information content (AvgIpc) is 2.90. The summed E-state index contributed by atoms with van der Waals surface area (Å²) in [5.41, 5.74) is 2.45. The third-order valence-corrected chi connectivity index (χ3v) is 4.83. The van der Waals surface area contributed by atoms with Crippen LogP contribution < -0.4 is 0 Å². The minimum atomic E-state index is 0.772. The van der Waals surface area contributed by atoms with E-state index in [0.717, 1.165) is 9.50 Å². The number of hydrogen-bond donors (Lipinski definition) is 0. The second-order valence-corrected chi connectivity index (χ2v) is 6.61. The number of hydrogen-bond acceptors (Lipinski definition) is 1. The highest BCUT2D eigenvalue weighted by Crippen LogP contribution is 2.35. The maximum Gasteiger partial charge on any atom is 0.0406 e. The quantitative estimate of drug-likeness (QED) is 0.495. The van der Waals surface area contributed by atoms with Crippen LogP contribution in [0.5, 0.6) is 0 Å². The summed E-state index contributed by atoms with van der Waals surface area (Å²) in [6.45, 7) is 0. The minimum absolute atomic E-state index is 0.772.